The van der Waals surface area contributed by atoms with E-state index >= 15 is 0 Å². The van der Waals surface area contributed by atoms with Crippen molar-refractivity contribution in [1.82, 2.24) is 9.88 Å². The number of nitrogens with zero attached hydrogens (tertiary/aromatic N) is 3. The van der Waals surface area contributed by atoms with Gasteiger partial charge < -0.3 is 15.5 Å². The third-order valence-corrected chi connectivity index (χ3v) is 3.90. The second-order valence-corrected chi connectivity index (χ2v) is 5.87. The van der Waals surface area contributed by atoms with Gasteiger partial charge in [0.1, 0.15) is 10.7 Å². The molecule has 1 heterocycles. The Balaban J connectivity index is 2.23. The van der Waals surface area contributed by atoms with Crippen molar-refractivity contribution < 1.29 is 4.79 Å². The van der Waals surface area contributed by atoms with Crippen LogP contribution < -0.4 is 10.6 Å². The van der Waals surface area contributed by atoms with Gasteiger partial charge in [-0.3, -0.25) is 4.79 Å². The molecule has 0 aliphatic carbocycles. The van der Waals surface area contributed by atoms with Crippen molar-refractivity contribution >= 4 is 22.9 Å². The minimum Gasteiger partial charge on any atom is -0.325 e. The van der Waals surface area contributed by atoms with Crippen LogP contribution in [0.15, 0.2) is 35.7 Å². The fourth-order valence-corrected chi connectivity index (χ4v) is 2.55. The van der Waals surface area contributed by atoms with E-state index in [9.17, 15) is 4.79 Å². The fourth-order valence-electron chi connectivity index (χ4n) is 1.90. The molecule has 112 valence electrons. The van der Waals surface area contributed by atoms with Gasteiger partial charge in [-0.2, -0.15) is 0 Å². The lowest BCUT2D eigenvalue weighted by atomic mass is 10.2. The smallest absolute Gasteiger partial charge is 0.277 e. The van der Waals surface area contributed by atoms with E-state index in [2.05, 4.69) is 9.88 Å². The Kier molecular flexibility index (Phi) is 5.44. The van der Waals surface area contributed by atoms with Crippen molar-refractivity contribution in [1.29, 1.82) is 0 Å². The SMILES string of the molecule is CN(C)CCN(C(=O)c1csc(CN)n1)c1ccccc1. The number of hydrogen-bond acceptors (Lipinski definition) is 5. The van der Waals surface area contributed by atoms with Crippen LogP contribution in [0, 0.1) is 0 Å². The second kappa shape index (κ2) is 7.31. The van der Waals surface area contributed by atoms with Crippen LogP contribution in [-0.4, -0.2) is 43.0 Å². The van der Waals surface area contributed by atoms with Crippen molar-refractivity contribution in [2.24, 2.45) is 5.73 Å². The molecule has 0 saturated carbocycles. The topological polar surface area (TPSA) is 62.5 Å². The standard InChI is InChI=1S/C15H20N4OS/c1-18(2)8-9-19(12-6-4-3-5-7-12)15(20)13-11-21-14(10-16)17-13/h3-7,11H,8-10,16H2,1-2H3. The number of amides is 1. The van der Waals surface area contributed by atoms with Crippen molar-refractivity contribution in [2.75, 3.05) is 32.1 Å². The summed E-state index contributed by atoms with van der Waals surface area (Å²) in [5.74, 6) is -0.0843. The Hall–Kier alpha value is -1.76. The van der Waals surface area contributed by atoms with Gasteiger partial charge >= 0.3 is 0 Å². The molecule has 0 spiro atoms. The molecular weight excluding hydrogens is 284 g/mol. The van der Waals surface area contributed by atoms with Crippen molar-refractivity contribution in [2.45, 2.75) is 6.54 Å². The lowest BCUT2D eigenvalue weighted by Gasteiger charge is -2.23. The van der Waals surface area contributed by atoms with Crippen molar-refractivity contribution in [3.63, 3.8) is 0 Å². The molecule has 1 aromatic heterocycles. The van der Waals surface area contributed by atoms with Gasteiger partial charge in [-0.25, -0.2) is 4.98 Å². The predicted octanol–water partition coefficient (Wildman–Crippen LogP) is 1.81. The molecule has 0 unspecified atom stereocenters. The number of benzene rings is 1. The van der Waals surface area contributed by atoms with Gasteiger partial charge in [0.05, 0.1) is 0 Å². The molecule has 2 N–H and O–H groups in total. The number of carbonyl (C=O) groups is 1. The molecule has 0 radical (unpaired) electrons. The number of hydrogen-bond donors (Lipinski definition) is 1. The molecule has 0 fully saturated rings. The minimum atomic E-state index is -0.0843. The lowest BCUT2D eigenvalue weighted by Crippen LogP contribution is -2.37. The number of anilines is 1. The molecule has 1 amide bonds. The van der Waals surface area contributed by atoms with Crippen LogP contribution in [0.25, 0.3) is 0 Å². The summed E-state index contributed by atoms with van der Waals surface area (Å²) < 4.78 is 0. The van der Waals surface area contributed by atoms with E-state index in [4.69, 9.17) is 5.73 Å². The van der Waals surface area contributed by atoms with Crippen LogP contribution in [0.2, 0.25) is 0 Å². The van der Waals surface area contributed by atoms with Crippen LogP contribution >= 0.6 is 11.3 Å². The van der Waals surface area contributed by atoms with Crippen LogP contribution in [0.3, 0.4) is 0 Å². The van der Waals surface area contributed by atoms with Crippen LogP contribution in [-0.2, 0) is 6.54 Å². The van der Waals surface area contributed by atoms with Gasteiger partial charge in [0.25, 0.3) is 5.91 Å². The van der Waals surface area contributed by atoms with E-state index < -0.39 is 0 Å². The summed E-state index contributed by atoms with van der Waals surface area (Å²) in [5.41, 5.74) is 6.91. The van der Waals surface area contributed by atoms with Crippen molar-refractivity contribution in [3.05, 3.63) is 46.4 Å². The Morgan fingerprint density at radius 1 is 1.24 bits per heavy atom. The first-order chi connectivity index (χ1) is 10.1. The first kappa shape index (κ1) is 15.6. The van der Waals surface area contributed by atoms with Crippen LogP contribution in [0.4, 0.5) is 5.69 Å². The highest BCUT2D eigenvalue weighted by Gasteiger charge is 2.20. The molecule has 0 bridgehead atoms. The van der Waals surface area contributed by atoms with Crippen LogP contribution in [0.5, 0.6) is 0 Å². The summed E-state index contributed by atoms with van der Waals surface area (Å²) in [6.07, 6.45) is 0. The molecule has 5 nitrogen and oxygen atoms in total. The minimum absolute atomic E-state index is 0.0843. The monoisotopic (exact) mass is 304 g/mol. The van der Waals surface area contributed by atoms with Gasteiger partial charge in [-0.15, -0.1) is 11.3 Å². The summed E-state index contributed by atoms with van der Waals surface area (Å²) in [4.78, 5) is 20.8. The van der Waals surface area contributed by atoms with Gasteiger partial charge in [0.15, 0.2) is 0 Å². The Labute approximate surface area is 129 Å². The predicted molar refractivity (Wildman–Crippen MR) is 86.7 cm³/mol. The van der Waals surface area contributed by atoms with E-state index in [-0.39, 0.29) is 5.91 Å². The van der Waals surface area contributed by atoms with Gasteiger partial charge in [-0.05, 0) is 26.2 Å². The highest BCUT2D eigenvalue weighted by molar-refractivity contribution is 7.09. The quantitative estimate of drug-likeness (QED) is 0.884. The zero-order valence-corrected chi connectivity index (χ0v) is 13.1. The molecule has 21 heavy (non-hydrogen) atoms. The van der Waals surface area contributed by atoms with E-state index in [0.29, 0.717) is 18.8 Å². The number of para-hydroxylation sites is 1. The lowest BCUT2D eigenvalue weighted by molar-refractivity contribution is 0.0981. The number of nitrogens with two attached hydrogens (primary N) is 1. The van der Waals surface area contributed by atoms with E-state index in [0.717, 1.165) is 17.2 Å². The largest absolute Gasteiger partial charge is 0.325 e. The van der Waals surface area contributed by atoms with E-state index in [1.807, 2.05) is 44.4 Å². The van der Waals surface area contributed by atoms with Gasteiger partial charge in [-0.1, -0.05) is 18.2 Å². The van der Waals surface area contributed by atoms with Gasteiger partial charge in [0, 0.05) is 30.7 Å². The number of rotatable bonds is 6. The highest BCUT2D eigenvalue weighted by atomic mass is 32.1. The molecule has 1 aromatic carbocycles. The maximum absolute atomic E-state index is 12.7. The number of aromatic nitrogens is 1. The number of thiazole rings is 1. The third kappa shape index (κ3) is 4.10. The van der Waals surface area contributed by atoms with Crippen LogP contribution in [0.1, 0.15) is 15.5 Å². The van der Waals surface area contributed by atoms with E-state index in [1.54, 1.807) is 10.3 Å². The summed E-state index contributed by atoms with van der Waals surface area (Å²) >= 11 is 1.42. The molecule has 2 aromatic rings. The van der Waals surface area contributed by atoms with E-state index in [1.165, 1.54) is 11.3 Å². The van der Waals surface area contributed by atoms with Crippen molar-refractivity contribution in [3.8, 4) is 0 Å². The first-order valence-corrected chi connectivity index (χ1v) is 7.66. The summed E-state index contributed by atoms with van der Waals surface area (Å²) in [6.45, 7) is 1.76. The maximum atomic E-state index is 12.7. The Morgan fingerprint density at radius 3 is 2.52 bits per heavy atom. The zero-order valence-electron chi connectivity index (χ0n) is 12.3. The summed E-state index contributed by atoms with van der Waals surface area (Å²) in [5, 5.41) is 2.55. The number of likely N-dealkylation sites (N-methyl/N-ethyl adjacent to an activating group) is 1. The molecule has 6 heteroatoms. The highest BCUT2D eigenvalue weighted by Crippen LogP contribution is 2.18. The normalized spacial score (nSPS) is 10.9. The average Bonchev–Trinajstić information content (AvgIpc) is 2.97. The molecule has 0 atom stereocenters. The Morgan fingerprint density at radius 2 is 1.95 bits per heavy atom. The molecule has 2 rings (SSSR count). The Bertz CT molecular complexity index is 582. The zero-order chi connectivity index (χ0) is 15.2. The first-order valence-electron chi connectivity index (χ1n) is 6.78. The average molecular weight is 304 g/mol. The number of carbonyl (C=O) groups excluding carboxylic acids is 1. The summed E-state index contributed by atoms with van der Waals surface area (Å²) in [6, 6.07) is 9.66. The summed E-state index contributed by atoms with van der Waals surface area (Å²) in [7, 11) is 3.98. The third-order valence-electron chi connectivity index (χ3n) is 3.03. The molecule has 0 saturated heterocycles. The molecule has 0 aliphatic heterocycles. The molecular formula is C15H20N4OS. The fraction of sp³-hybridized carbons (Fsp3) is 0.333. The van der Waals surface area contributed by atoms with Gasteiger partial charge in [0.2, 0.25) is 0 Å². The molecule has 0 aliphatic rings. The maximum Gasteiger partial charge on any atom is 0.277 e. The second-order valence-electron chi connectivity index (χ2n) is 4.93.